The Morgan fingerprint density at radius 3 is 2.59 bits per heavy atom. The molecule has 0 spiro atoms. The molecule has 1 saturated heterocycles. The van der Waals surface area contributed by atoms with Crippen LogP contribution in [0, 0.1) is 0 Å². The number of aliphatic hydroxyl groups excluding tert-OH is 2. The van der Waals surface area contributed by atoms with Crippen LogP contribution >= 0.6 is 0 Å². The summed E-state index contributed by atoms with van der Waals surface area (Å²) in [6.45, 7) is 0.393. The van der Waals surface area contributed by atoms with Crippen molar-refractivity contribution in [1.29, 1.82) is 0 Å². The molecule has 1 heterocycles. The lowest BCUT2D eigenvalue weighted by molar-refractivity contribution is -0.129. The fourth-order valence-electron chi connectivity index (χ4n) is 1.96. The molecule has 1 amide bonds. The molecule has 17 heavy (non-hydrogen) atoms. The smallest absolute Gasteiger partial charge is 0.227 e. The maximum atomic E-state index is 11.9. The van der Waals surface area contributed by atoms with Gasteiger partial charge in [-0.15, -0.1) is 0 Å². The van der Waals surface area contributed by atoms with E-state index >= 15 is 0 Å². The molecule has 5 nitrogen and oxygen atoms in total. The van der Waals surface area contributed by atoms with Crippen LogP contribution in [0.5, 0.6) is 0 Å². The molecule has 0 bridgehead atoms. The van der Waals surface area contributed by atoms with E-state index in [1.54, 1.807) is 18.2 Å². The Balaban J connectivity index is 1.98. The number of nitrogen functional groups attached to an aromatic ring is 1. The van der Waals surface area contributed by atoms with E-state index in [1.807, 2.05) is 6.07 Å². The predicted octanol–water partition coefficient (Wildman–Crippen LogP) is -0.625. The van der Waals surface area contributed by atoms with E-state index in [0.717, 1.165) is 5.56 Å². The molecule has 0 unspecified atom stereocenters. The van der Waals surface area contributed by atoms with Crippen LogP contribution in [0.3, 0.4) is 0 Å². The molecular weight excluding hydrogens is 220 g/mol. The number of aliphatic hydroxyl groups is 2. The zero-order chi connectivity index (χ0) is 12.4. The van der Waals surface area contributed by atoms with E-state index < -0.39 is 12.2 Å². The molecule has 0 aliphatic carbocycles. The van der Waals surface area contributed by atoms with Crippen molar-refractivity contribution in [3.63, 3.8) is 0 Å². The van der Waals surface area contributed by atoms with Crippen LogP contribution in [0.1, 0.15) is 5.56 Å². The number of rotatable bonds is 2. The van der Waals surface area contributed by atoms with Gasteiger partial charge in [-0.1, -0.05) is 12.1 Å². The highest BCUT2D eigenvalue weighted by Crippen LogP contribution is 2.13. The van der Waals surface area contributed by atoms with Crippen LogP contribution < -0.4 is 5.73 Å². The van der Waals surface area contributed by atoms with Crippen molar-refractivity contribution in [3.05, 3.63) is 29.8 Å². The number of benzene rings is 1. The van der Waals surface area contributed by atoms with Gasteiger partial charge in [0.1, 0.15) is 0 Å². The van der Waals surface area contributed by atoms with Crippen molar-refractivity contribution in [2.24, 2.45) is 0 Å². The summed E-state index contributed by atoms with van der Waals surface area (Å²) in [7, 11) is 0. The van der Waals surface area contributed by atoms with Crippen LogP contribution in [0.2, 0.25) is 0 Å². The minimum Gasteiger partial charge on any atom is -0.399 e. The number of carbonyl (C=O) groups is 1. The van der Waals surface area contributed by atoms with Crippen molar-refractivity contribution in [2.75, 3.05) is 18.8 Å². The Bertz CT molecular complexity index is 412. The van der Waals surface area contributed by atoms with Gasteiger partial charge in [-0.3, -0.25) is 4.79 Å². The average Bonchev–Trinajstić information content (AvgIpc) is 2.59. The molecule has 0 saturated carbocycles. The van der Waals surface area contributed by atoms with Gasteiger partial charge in [-0.05, 0) is 17.7 Å². The Morgan fingerprint density at radius 1 is 1.35 bits per heavy atom. The van der Waals surface area contributed by atoms with Gasteiger partial charge in [-0.25, -0.2) is 0 Å². The number of nitrogens with two attached hydrogens (primary N) is 1. The second-order valence-corrected chi connectivity index (χ2v) is 4.36. The zero-order valence-corrected chi connectivity index (χ0v) is 9.41. The van der Waals surface area contributed by atoms with Crippen LogP contribution in [-0.2, 0) is 11.2 Å². The molecule has 2 rings (SSSR count). The minimum absolute atomic E-state index is 0.105. The maximum absolute atomic E-state index is 11.9. The first-order valence-corrected chi connectivity index (χ1v) is 5.54. The number of β-amino-alcohol motifs (C(OH)–C–C–N with tert-alkyl or cyclic N) is 2. The van der Waals surface area contributed by atoms with Crippen LogP contribution in [0.4, 0.5) is 5.69 Å². The van der Waals surface area contributed by atoms with Crippen molar-refractivity contribution >= 4 is 11.6 Å². The fourth-order valence-corrected chi connectivity index (χ4v) is 1.96. The van der Waals surface area contributed by atoms with E-state index in [1.165, 1.54) is 4.90 Å². The highest BCUT2D eigenvalue weighted by Gasteiger charge is 2.32. The molecular formula is C12H16N2O3. The molecule has 1 aromatic carbocycles. The molecule has 0 aromatic heterocycles. The Morgan fingerprint density at radius 2 is 2.00 bits per heavy atom. The minimum atomic E-state index is -0.834. The number of anilines is 1. The van der Waals surface area contributed by atoms with E-state index in [9.17, 15) is 15.0 Å². The Kier molecular flexibility index (Phi) is 3.31. The maximum Gasteiger partial charge on any atom is 0.227 e. The first kappa shape index (κ1) is 11.9. The summed E-state index contributed by atoms with van der Waals surface area (Å²) in [5.74, 6) is -0.105. The van der Waals surface area contributed by atoms with Gasteiger partial charge in [0.25, 0.3) is 0 Å². The second kappa shape index (κ2) is 4.73. The van der Waals surface area contributed by atoms with Crippen molar-refractivity contribution in [2.45, 2.75) is 18.6 Å². The predicted molar refractivity (Wildman–Crippen MR) is 63.2 cm³/mol. The van der Waals surface area contributed by atoms with Crippen molar-refractivity contribution < 1.29 is 15.0 Å². The number of carbonyl (C=O) groups excluding carboxylic acids is 1. The zero-order valence-electron chi connectivity index (χ0n) is 9.41. The molecule has 92 valence electrons. The van der Waals surface area contributed by atoms with Crippen molar-refractivity contribution in [1.82, 2.24) is 4.90 Å². The summed E-state index contributed by atoms with van der Waals surface area (Å²) in [5.41, 5.74) is 7.09. The lowest BCUT2D eigenvalue weighted by Gasteiger charge is -2.15. The number of hydrogen-bond donors (Lipinski definition) is 3. The van der Waals surface area contributed by atoms with Gasteiger partial charge in [0, 0.05) is 18.8 Å². The summed E-state index contributed by atoms with van der Waals surface area (Å²) >= 11 is 0. The van der Waals surface area contributed by atoms with Gasteiger partial charge < -0.3 is 20.8 Å². The van der Waals surface area contributed by atoms with Gasteiger partial charge >= 0.3 is 0 Å². The number of hydrogen-bond acceptors (Lipinski definition) is 4. The number of nitrogens with zero attached hydrogens (tertiary/aromatic N) is 1. The fraction of sp³-hybridized carbons (Fsp3) is 0.417. The largest absolute Gasteiger partial charge is 0.399 e. The molecule has 0 radical (unpaired) electrons. The van der Waals surface area contributed by atoms with E-state index in [-0.39, 0.29) is 25.4 Å². The topological polar surface area (TPSA) is 86.8 Å². The SMILES string of the molecule is Nc1cccc(CC(=O)N2C[C@@H](O)[C@@H](O)C2)c1. The molecule has 1 aromatic rings. The molecule has 1 aliphatic heterocycles. The average molecular weight is 236 g/mol. The molecule has 5 heteroatoms. The second-order valence-electron chi connectivity index (χ2n) is 4.36. The standard InChI is InChI=1S/C12H16N2O3/c13-9-3-1-2-8(4-9)5-12(17)14-6-10(15)11(16)7-14/h1-4,10-11,15-16H,5-7,13H2/t10-,11+. The van der Waals surface area contributed by atoms with Gasteiger partial charge in [-0.2, -0.15) is 0 Å². The quantitative estimate of drug-likeness (QED) is 0.597. The van der Waals surface area contributed by atoms with Crippen LogP contribution in [0.15, 0.2) is 24.3 Å². The van der Waals surface area contributed by atoms with Crippen LogP contribution in [-0.4, -0.2) is 46.3 Å². The lowest BCUT2D eigenvalue weighted by Crippen LogP contribution is -2.31. The Hall–Kier alpha value is -1.59. The summed E-state index contributed by atoms with van der Waals surface area (Å²) in [6, 6.07) is 7.14. The van der Waals surface area contributed by atoms with Crippen molar-refractivity contribution in [3.8, 4) is 0 Å². The number of likely N-dealkylation sites (tertiary alicyclic amines) is 1. The highest BCUT2D eigenvalue weighted by atomic mass is 16.3. The van der Waals surface area contributed by atoms with Gasteiger partial charge in [0.15, 0.2) is 0 Å². The normalized spacial score (nSPS) is 24.0. The summed E-state index contributed by atoms with van der Waals surface area (Å²) in [5, 5.41) is 18.7. The monoisotopic (exact) mass is 236 g/mol. The summed E-state index contributed by atoms with van der Waals surface area (Å²) < 4.78 is 0. The van der Waals surface area contributed by atoms with Crippen LogP contribution in [0.25, 0.3) is 0 Å². The first-order chi connectivity index (χ1) is 8.06. The third-order valence-electron chi connectivity index (χ3n) is 2.92. The number of amides is 1. The van der Waals surface area contributed by atoms with Gasteiger partial charge in [0.05, 0.1) is 18.6 Å². The first-order valence-electron chi connectivity index (χ1n) is 5.54. The summed E-state index contributed by atoms with van der Waals surface area (Å²) in [4.78, 5) is 13.4. The van der Waals surface area contributed by atoms with Gasteiger partial charge in [0.2, 0.25) is 5.91 Å². The molecule has 1 fully saturated rings. The lowest BCUT2D eigenvalue weighted by atomic mass is 10.1. The van der Waals surface area contributed by atoms with E-state index in [2.05, 4.69) is 0 Å². The third kappa shape index (κ3) is 2.75. The summed E-state index contributed by atoms with van der Waals surface area (Å²) in [6.07, 6.45) is -1.43. The molecule has 1 aliphatic rings. The van der Waals surface area contributed by atoms with E-state index in [4.69, 9.17) is 5.73 Å². The third-order valence-corrected chi connectivity index (χ3v) is 2.92. The Labute approximate surface area is 99.5 Å². The highest BCUT2D eigenvalue weighted by molar-refractivity contribution is 5.79. The van der Waals surface area contributed by atoms with E-state index in [0.29, 0.717) is 5.69 Å². The molecule has 4 N–H and O–H groups in total. The molecule has 2 atom stereocenters.